The molecule has 3 nitrogen and oxygen atoms in total. The summed E-state index contributed by atoms with van der Waals surface area (Å²) in [7, 11) is 0. The van der Waals surface area contributed by atoms with Gasteiger partial charge in [-0.25, -0.2) is 0 Å². The number of anilines is 1. The van der Waals surface area contributed by atoms with Gasteiger partial charge in [0.25, 0.3) is 0 Å². The first-order chi connectivity index (χ1) is 8.65. The third kappa shape index (κ3) is 3.25. The van der Waals surface area contributed by atoms with Crippen LogP contribution in [0.25, 0.3) is 0 Å². The van der Waals surface area contributed by atoms with Crippen LogP contribution in [0.2, 0.25) is 5.02 Å². The lowest BCUT2D eigenvalue weighted by atomic mass is 10.1. The van der Waals surface area contributed by atoms with Gasteiger partial charge in [-0.3, -0.25) is 5.41 Å². The van der Waals surface area contributed by atoms with E-state index in [1.165, 1.54) is 0 Å². The quantitative estimate of drug-likeness (QED) is 0.583. The van der Waals surface area contributed by atoms with Crippen LogP contribution >= 0.6 is 11.6 Å². The van der Waals surface area contributed by atoms with Crippen molar-refractivity contribution >= 4 is 23.1 Å². The Morgan fingerprint density at radius 3 is 2.56 bits per heavy atom. The summed E-state index contributed by atoms with van der Waals surface area (Å²) >= 11 is 5.83. The molecule has 0 unspecified atom stereocenters. The van der Waals surface area contributed by atoms with E-state index in [1.807, 2.05) is 48.5 Å². The van der Waals surface area contributed by atoms with Crippen LogP contribution in [0.4, 0.5) is 5.69 Å². The SMILES string of the molecule is N=C(N)c1cccc(NCc2ccc(Cl)cc2)c1. The maximum Gasteiger partial charge on any atom is 0.122 e. The van der Waals surface area contributed by atoms with E-state index in [9.17, 15) is 0 Å². The van der Waals surface area contributed by atoms with Crippen LogP contribution in [0.5, 0.6) is 0 Å². The standard InChI is InChI=1S/C14H14ClN3/c15-12-6-4-10(5-7-12)9-18-13-3-1-2-11(8-13)14(16)17/h1-8,18H,9H2,(H3,16,17). The summed E-state index contributed by atoms with van der Waals surface area (Å²) in [6, 6.07) is 15.2. The molecule has 2 rings (SSSR count). The maximum absolute atomic E-state index is 7.39. The van der Waals surface area contributed by atoms with Gasteiger partial charge in [0, 0.05) is 22.8 Å². The van der Waals surface area contributed by atoms with Crippen LogP contribution in [0, 0.1) is 5.41 Å². The molecule has 4 heteroatoms. The van der Waals surface area contributed by atoms with E-state index in [4.69, 9.17) is 22.7 Å². The largest absolute Gasteiger partial charge is 0.384 e. The van der Waals surface area contributed by atoms with Gasteiger partial charge in [-0.05, 0) is 29.8 Å². The number of nitrogens with two attached hydrogens (primary N) is 1. The Morgan fingerprint density at radius 1 is 1.17 bits per heavy atom. The summed E-state index contributed by atoms with van der Waals surface area (Å²) in [6.45, 7) is 0.707. The average molecular weight is 260 g/mol. The van der Waals surface area contributed by atoms with E-state index in [0.717, 1.165) is 21.8 Å². The van der Waals surface area contributed by atoms with E-state index in [2.05, 4.69) is 5.32 Å². The Morgan fingerprint density at radius 2 is 1.89 bits per heavy atom. The normalized spacial score (nSPS) is 10.1. The molecule has 0 saturated carbocycles. The van der Waals surface area contributed by atoms with E-state index in [-0.39, 0.29) is 5.84 Å². The number of hydrogen-bond acceptors (Lipinski definition) is 2. The molecular weight excluding hydrogens is 246 g/mol. The lowest BCUT2D eigenvalue weighted by Gasteiger charge is -2.08. The topological polar surface area (TPSA) is 61.9 Å². The number of nitrogens with one attached hydrogen (secondary N) is 2. The zero-order valence-electron chi connectivity index (χ0n) is 9.78. The van der Waals surface area contributed by atoms with Crippen LogP contribution in [-0.2, 0) is 6.54 Å². The minimum absolute atomic E-state index is 0.0742. The van der Waals surface area contributed by atoms with Crippen LogP contribution in [0.3, 0.4) is 0 Å². The number of amidine groups is 1. The minimum atomic E-state index is 0.0742. The molecule has 0 aliphatic rings. The lowest BCUT2D eigenvalue weighted by molar-refractivity contribution is 1.15. The Balaban J connectivity index is 2.04. The monoisotopic (exact) mass is 259 g/mol. The van der Waals surface area contributed by atoms with Gasteiger partial charge >= 0.3 is 0 Å². The van der Waals surface area contributed by atoms with Crippen molar-refractivity contribution in [3.63, 3.8) is 0 Å². The van der Waals surface area contributed by atoms with Crippen molar-refractivity contribution in [3.05, 3.63) is 64.7 Å². The van der Waals surface area contributed by atoms with Crippen molar-refractivity contribution in [1.82, 2.24) is 0 Å². The van der Waals surface area contributed by atoms with E-state index >= 15 is 0 Å². The van der Waals surface area contributed by atoms with Crippen LogP contribution < -0.4 is 11.1 Å². The van der Waals surface area contributed by atoms with Gasteiger partial charge in [0.15, 0.2) is 0 Å². The molecule has 0 spiro atoms. The summed E-state index contributed by atoms with van der Waals surface area (Å²) in [6.07, 6.45) is 0. The van der Waals surface area contributed by atoms with Gasteiger partial charge in [-0.15, -0.1) is 0 Å². The van der Waals surface area contributed by atoms with E-state index in [0.29, 0.717) is 6.54 Å². The van der Waals surface area contributed by atoms with E-state index in [1.54, 1.807) is 0 Å². The summed E-state index contributed by atoms with van der Waals surface area (Å²) < 4.78 is 0. The summed E-state index contributed by atoms with van der Waals surface area (Å²) in [5, 5.41) is 11.4. The lowest BCUT2D eigenvalue weighted by Crippen LogP contribution is -2.11. The Kier molecular flexibility index (Phi) is 3.85. The molecule has 0 bridgehead atoms. The highest BCUT2D eigenvalue weighted by Crippen LogP contribution is 2.13. The first-order valence-corrected chi connectivity index (χ1v) is 5.96. The molecule has 0 saturated heterocycles. The summed E-state index contributed by atoms with van der Waals surface area (Å²) in [4.78, 5) is 0. The molecule has 0 atom stereocenters. The van der Waals surface area contributed by atoms with Crippen LogP contribution in [0.1, 0.15) is 11.1 Å². The van der Waals surface area contributed by atoms with Crippen molar-refractivity contribution in [2.45, 2.75) is 6.54 Å². The van der Waals surface area contributed by atoms with Gasteiger partial charge in [0.2, 0.25) is 0 Å². The average Bonchev–Trinajstić information content (AvgIpc) is 2.38. The number of nitrogen functional groups attached to an aromatic ring is 1. The molecule has 0 aromatic heterocycles. The molecule has 4 N–H and O–H groups in total. The Bertz CT molecular complexity index is 549. The second kappa shape index (κ2) is 5.56. The van der Waals surface area contributed by atoms with Crippen molar-refractivity contribution in [2.75, 3.05) is 5.32 Å². The molecule has 0 aliphatic heterocycles. The maximum atomic E-state index is 7.39. The van der Waals surface area contributed by atoms with Crippen molar-refractivity contribution in [3.8, 4) is 0 Å². The van der Waals surface area contributed by atoms with Crippen molar-refractivity contribution in [1.29, 1.82) is 5.41 Å². The number of hydrogen-bond donors (Lipinski definition) is 3. The molecule has 2 aromatic carbocycles. The number of benzene rings is 2. The van der Waals surface area contributed by atoms with Crippen molar-refractivity contribution < 1.29 is 0 Å². The van der Waals surface area contributed by atoms with Gasteiger partial charge < -0.3 is 11.1 Å². The molecule has 92 valence electrons. The Hall–Kier alpha value is -2.00. The van der Waals surface area contributed by atoms with Gasteiger partial charge in [0.05, 0.1) is 0 Å². The third-order valence-electron chi connectivity index (χ3n) is 2.58. The first-order valence-electron chi connectivity index (χ1n) is 5.58. The fraction of sp³-hybridized carbons (Fsp3) is 0.0714. The highest BCUT2D eigenvalue weighted by Gasteiger charge is 1.98. The predicted molar refractivity (Wildman–Crippen MR) is 76.2 cm³/mol. The highest BCUT2D eigenvalue weighted by atomic mass is 35.5. The van der Waals surface area contributed by atoms with Gasteiger partial charge in [-0.2, -0.15) is 0 Å². The summed E-state index contributed by atoms with van der Waals surface area (Å²) in [5.41, 5.74) is 8.25. The highest BCUT2D eigenvalue weighted by molar-refractivity contribution is 6.30. The predicted octanol–water partition coefficient (Wildman–Crippen LogP) is 3.24. The summed E-state index contributed by atoms with van der Waals surface area (Å²) in [5.74, 6) is 0.0742. The van der Waals surface area contributed by atoms with Gasteiger partial charge in [0.1, 0.15) is 5.84 Å². The van der Waals surface area contributed by atoms with Crippen LogP contribution in [0.15, 0.2) is 48.5 Å². The fourth-order valence-corrected chi connectivity index (χ4v) is 1.73. The smallest absolute Gasteiger partial charge is 0.122 e. The molecule has 0 heterocycles. The zero-order valence-corrected chi connectivity index (χ0v) is 10.5. The molecule has 0 fully saturated rings. The fourth-order valence-electron chi connectivity index (χ4n) is 1.60. The first kappa shape index (κ1) is 12.5. The van der Waals surface area contributed by atoms with E-state index < -0.39 is 0 Å². The molecule has 0 radical (unpaired) electrons. The second-order valence-electron chi connectivity index (χ2n) is 3.97. The Labute approximate surface area is 111 Å². The number of halogens is 1. The minimum Gasteiger partial charge on any atom is -0.384 e. The molecule has 0 aliphatic carbocycles. The molecule has 18 heavy (non-hydrogen) atoms. The molecule has 2 aromatic rings. The second-order valence-corrected chi connectivity index (χ2v) is 4.41. The van der Waals surface area contributed by atoms with Gasteiger partial charge in [-0.1, -0.05) is 35.9 Å². The number of rotatable bonds is 4. The van der Waals surface area contributed by atoms with Crippen molar-refractivity contribution in [2.24, 2.45) is 5.73 Å². The molecule has 0 amide bonds. The zero-order chi connectivity index (χ0) is 13.0. The molecular formula is C14H14ClN3. The van der Waals surface area contributed by atoms with Crippen LogP contribution in [-0.4, -0.2) is 5.84 Å². The third-order valence-corrected chi connectivity index (χ3v) is 2.84.